The van der Waals surface area contributed by atoms with E-state index in [1.54, 1.807) is 0 Å². The highest BCUT2D eigenvalue weighted by atomic mass is 32.2. The summed E-state index contributed by atoms with van der Waals surface area (Å²) in [5.41, 5.74) is 3.85. The molecule has 0 spiro atoms. The van der Waals surface area contributed by atoms with Crippen molar-refractivity contribution in [2.75, 3.05) is 6.54 Å². The second kappa shape index (κ2) is 8.26. The van der Waals surface area contributed by atoms with Gasteiger partial charge in [-0.05, 0) is 42.9 Å². The smallest absolute Gasteiger partial charge is 0.236 e. The van der Waals surface area contributed by atoms with E-state index >= 15 is 0 Å². The highest BCUT2D eigenvalue weighted by Crippen LogP contribution is 2.40. The first-order valence-electron chi connectivity index (χ1n) is 10.7. The van der Waals surface area contributed by atoms with E-state index in [-0.39, 0.29) is 11.2 Å². The molecule has 3 aromatic rings. The summed E-state index contributed by atoms with van der Waals surface area (Å²) in [6, 6.07) is 18.8. The van der Waals surface area contributed by atoms with E-state index in [0.29, 0.717) is 12.5 Å². The number of nitrogens with zero attached hydrogens (tertiary/aromatic N) is 4. The Morgan fingerprint density at radius 2 is 1.80 bits per heavy atom. The van der Waals surface area contributed by atoms with Crippen molar-refractivity contribution in [1.29, 1.82) is 0 Å². The SMILES string of the molecule is C[C@@H](Sc1nnc(C2CC2)n1Cc1ccccc1)C(=O)N1CCc2ccccc2C1. The van der Waals surface area contributed by atoms with Gasteiger partial charge in [-0.15, -0.1) is 10.2 Å². The third kappa shape index (κ3) is 4.01. The summed E-state index contributed by atoms with van der Waals surface area (Å²) >= 11 is 1.54. The average molecular weight is 419 g/mol. The molecule has 0 bridgehead atoms. The number of benzene rings is 2. The highest BCUT2D eigenvalue weighted by Gasteiger charge is 2.32. The molecule has 5 nitrogen and oxygen atoms in total. The molecule has 1 amide bonds. The maximum absolute atomic E-state index is 13.2. The molecule has 1 aromatic heterocycles. The Kier molecular flexibility index (Phi) is 5.34. The number of aromatic nitrogens is 3. The van der Waals surface area contributed by atoms with Crippen LogP contribution in [-0.2, 0) is 24.3 Å². The monoisotopic (exact) mass is 418 g/mol. The first kappa shape index (κ1) is 19.4. The Hall–Kier alpha value is -2.60. The summed E-state index contributed by atoms with van der Waals surface area (Å²) in [5, 5.41) is 9.63. The number of rotatable bonds is 6. The molecular weight excluding hydrogens is 392 g/mol. The van der Waals surface area contributed by atoms with Crippen LogP contribution in [0.4, 0.5) is 0 Å². The van der Waals surface area contributed by atoms with Crippen LogP contribution in [0.1, 0.15) is 48.2 Å². The molecule has 5 rings (SSSR count). The number of carbonyl (C=O) groups excluding carboxylic acids is 1. The molecule has 2 heterocycles. The molecule has 154 valence electrons. The lowest BCUT2D eigenvalue weighted by Gasteiger charge is -2.30. The van der Waals surface area contributed by atoms with E-state index in [1.165, 1.54) is 41.3 Å². The lowest BCUT2D eigenvalue weighted by Crippen LogP contribution is -2.40. The van der Waals surface area contributed by atoms with Crippen LogP contribution in [0.5, 0.6) is 0 Å². The van der Waals surface area contributed by atoms with Gasteiger partial charge in [-0.25, -0.2) is 0 Å². The molecule has 2 aromatic carbocycles. The van der Waals surface area contributed by atoms with Gasteiger partial charge in [0.15, 0.2) is 5.16 Å². The topological polar surface area (TPSA) is 51.0 Å². The first-order valence-corrected chi connectivity index (χ1v) is 11.6. The Labute approximate surface area is 181 Å². The van der Waals surface area contributed by atoms with E-state index in [1.807, 2.05) is 17.9 Å². The summed E-state index contributed by atoms with van der Waals surface area (Å²) < 4.78 is 2.22. The summed E-state index contributed by atoms with van der Waals surface area (Å²) in [5.74, 6) is 1.75. The maximum Gasteiger partial charge on any atom is 0.236 e. The largest absolute Gasteiger partial charge is 0.337 e. The third-order valence-electron chi connectivity index (χ3n) is 5.94. The van der Waals surface area contributed by atoms with E-state index in [0.717, 1.165) is 30.5 Å². The van der Waals surface area contributed by atoms with Gasteiger partial charge in [0.05, 0.1) is 11.8 Å². The van der Waals surface area contributed by atoms with E-state index in [4.69, 9.17) is 0 Å². The molecule has 30 heavy (non-hydrogen) atoms. The number of amides is 1. The van der Waals surface area contributed by atoms with Crippen LogP contribution in [0.25, 0.3) is 0 Å². The fraction of sp³-hybridized carbons (Fsp3) is 0.375. The fourth-order valence-electron chi connectivity index (χ4n) is 4.09. The van der Waals surface area contributed by atoms with Gasteiger partial charge in [0, 0.05) is 19.0 Å². The van der Waals surface area contributed by atoms with Gasteiger partial charge < -0.3 is 9.47 Å². The number of carbonyl (C=O) groups is 1. The van der Waals surface area contributed by atoms with Crippen molar-refractivity contribution in [2.45, 2.75) is 55.6 Å². The van der Waals surface area contributed by atoms with Gasteiger partial charge in [0.25, 0.3) is 0 Å². The lowest BCUT2D eigenvalue weighted by atomic mass is 10.00. The molecule has 2 aliphatic rings. The van der Waals surface area contributed by atoms with Gasteiger partial charge >= 0.3 is 0 Å². The van der Waals surface area contributed by atoms with Crippen molar-refractivity contribution in [3.05, 3.63) is 77.1 Å². The molecule has 1 aliphatic carbocycles. The Morgan fingerprint density at radius 1 is 1.07 bits per heavy atom. The van der Waals surface area contributed by atoms with Crippen LogP contribution < -0.4 is 0 Å². The van der Waals surface area contributed by atoms with Gasteiger partial charge in [-0.1, -0.05) is 66.4 Å². The second-order valence-corrected chi connectivity index (χ2v) is 9.53. The molecule has 6 heteroatoms. The van der Waals surface area contributed by atoms with Crippen LogP contribution in [0.2, 0.25) is 0 Å². The number of fused-ring (bicyclic) bond motifs is 1. The van der Waals surface area contributed by atoms with Crippen LogP contribution in [-0.4, -0.2) is 37.4 Å². The predicted octanol–water partition coefficient (Wildman–Crippen LogP) is 4.27. The Balaban J connectivity index is 1.32. The molecule has 1 saturated carbocycles. The van der Waals surface area contributed by atoms with Crippen molar-refractivity contribution in [3.63, 3.8) is 0 Å². The van der Waals surface area contributed by atoms with Crippen LogP contribution in [0, 0.1) is 0 Å². The Bertz CT molecular complexity index is 1040. The zero-order valence-corrected chi connectivity index (χ0v) is 18.0. The Morgan fingerprint density at radius 3 is 2.57 bits per heavy atom. The molecule has 0 unspecified atom stereocenters. The van der Waals surface area contributed by atoms with Crippen molar-refractivity contribution < 1.29 is 4.79 Å². The molecule has 1 atom stereocenters. The van der Waals surface area contributed by atoms with Crippen LogP contribution in [0.3, 0.4) is 0 Å². The average Bonchev–Trinajstić information content (AvgIpc) is 3.56. The second-order valence-electron chi connectivity index (χ2n) is 8.23. The quantitative estimate of drug-likeness (QED) is 0.561. The minimum atomic E-state index is -0.193. The maximum atomic E-state index is 13.2. The summed E-state index contributed by atoms with van der Waals surface area (Å²) in [6.07, 6.45) is 3.29. The summed E-state index contributed by atoms with van der Waals surface area (Å²) in [7, 11) is 0. The van der Waals surface area contributed by atoms with Crippen molar-refractivity contribution >= 4 is 17.7 Å². The van der Waals surface area contributed by atoms with Crippen LogP contribution in [0.15, 0.2) is 59.8 Å². The van der Waals surface area contributed by atoms with Gasteiger partial charge in [0.1, 0.15) is 5.82 Å². The standard InChI is InChI=1S/C24H26N4OS/c1-17(23(29)27-14-13-19-9-5-6-10-21(19)16-27)30-24-26-25-22(20-11-12-20)28(24)15-18-7-3-2-4-8-18/h2-10,17,20H,11-16H2,1H3/t17-/m1/s1. The van der Waals surface area contributed by atoms with Crippen molar-refractivity contribution in [3.8, 4) is 0 Å². The van der Waals surface area contributed by atoms with Gasteiger partial charge in [-0.2, -0.15) is 0 Å². The van der Waals surface area contributed by atoms with Crippen molar-refractivity contribution in [1.82, 2.24) is 19.7 Å². The fourth-order valence-corrected chi connectivity index (χ4v) is 5.03. The predicted molar refractivity (Wildman–Crippen MR) is 118 cm³/mol. The molecule has 1 fully saturated rings. The molecule has 0 radical (unpaired) electrons. The summed E-state index contributed by atoms with van der Waals surface area (Å²) in [6.45, 7) is 4.22. The first-order chi connectivity index (χ1) is 14.7. The minimum Gasteiger partial charge on any atom is -0.337 e. The minimum absolute atomic E-state index is 0.178. The van der Waals surface area contributed by atoms with Crippen molar-refractivity contribution in [2.24, 2.45) is 0 Å². The molecule has 0 saturated heterocycles. The highest BCUT2D eigenvalue weighted by molar-refractivity contribution is 8.00. The van der Waals surface area contributed by atoms with E-state index in [9.17, 15) is 4.79 Å². The lowest BCUT2D eigenvalue weighted by molar-refractivity contribution is -0.131. The van der Waals surface area contributed by atoms with Gasteiger partial charge in [0.2, 0.25) is 5.91 Å². The van der Waals surface area contributed by atoms with Crippen LogP contribution >= 0.6 is 11.8 Å². The number of hydrogen-bond donors (Lipinski definition) is 0. The third-order valence-corrected chi connectivity index (χ3v) is 7.01. The van der Waals surface area contributed by atoms with Gasteiger partial charge in [-0.3, -0.25) is 4.79 Å². The zero-order chi connectivity index (χ0) is 20.5. The zero-order valence-electron chi connectivity index (χ0n) is 17.2. The molecular formula is C24H26N4OS. The number of hydrogen-bond acceptors (Lipinski definition) is 4. The van der Waals surface area contributed by atoms with E-state index < -0.39 is 0 Å². The molecule has 0 N–H and O–H groups in total. The normalized spacial score (nSPS) is 16.9. The molecule has 1 aliphatic heterocycles. The van der Waals surface area contributed by atoms with E-state index in [2.05, 4.69) is 63.3 Å². The number of thioether (sulfide) groups is 1. The summed E-state index contributed by atoms with van der Waals surface area (Å²) in [4.78, 5) is 15.2.